The third-order valence-electron chi connectivity index (χ3n) is 19.0. The summed E-state index contributed by atoms with van der Waals surface area (Å²) < 4.78 is 0. The molecule has 0 spiro atoms. The van der Waals surface area contributed by atoms with Crippen molar-refractivity contribution in [1.82, 2.24) is 0 Å². The highest BCUT2D eigenvalue weighted by Gasteiger charge is 2.43. The number of hydrogen-bond acceptors (Lipinski definition) is 4. The highest BCUT2D eigenvalue weighted by molar-refractivity contribution is 5.63. The van der Waals surface area contributed by atoms with Gasteiger partial charge in [0.2, 0.25) is 0 Å². The van der Waals surface area contributed by atoms with Crippen molar-refractivity contribution in [3.05, 3.63) is 287 Å². The minimum atomic E-state index is -0.0234. The van der Waals surface area contributed by atoms with E-state index in [1.165, 1.54) is 74.3 Å². The molecule has 0 aliphatic carbocycles. The Hall–Kier alpha value is -7.82. The van der Waals surface area contributed by atoms with E-state index < -0.39 is 0 Å². The zero-order valence-corrected chi connectivity index (χ0v) is 60.3. The Morgan fingerprint density at radius 3 is 1.02 bits per heavy atom. The molecule has 10 rings (SSSR count). The predicted octanol–water partition coefficient (Wildman–Crippen LogP) is 24.8. The molecule has 486 valence electrons. The monoisotopic (exact) mass is 1230 g/mol. The Balaban J connectivity index is 0.000000181. The largest absolute Gasteiger partial charge is 0.383 e. The number of fused-ring (bicyclic) bond motifs is 1. The van der Waals surface area contributed by atoms with Crippen molar-refractivity contribution in [1.29, 1.82) is 0 Å². The van der Waals surface area contributed by atoms with E-state index in [2.05, 4.69) is 403 Å². The van der Waals surface area contributed by atoms with Crippen LogP contribution >= 0.6 is 0 Å². The first kappa shape index (κ1) is 71.6. The van der Waals surface area contributed by atoms with E-state index in [-0.39, 0.29) is 32.6 Å². The second-order valence-electron chi connectivity index (χ2n) is 32.3. The molecular formula is C88H114N4. The summed E-state index contributed by atoms with van der Waals surface area (Å²) in [6, 6.07) is 85.2. The van der Waals surface area contributed by atoms with Crippen molar-refractivity contribution in [3.8, 4) is 0 Å². The average Bonchev–Trinajstić information content (AvgIpc) is 0.763. The van der Waals surface area contributed by atoms with E-state index in [9.17, 15) is 0 Å². The highest BCUT2D eigenvalue weighted by Crippen LogP contribution is 2.47. The minimum absolute atomic E-state index is 0.0234. The summed E-state index contributed by atoms with van der Waals surface area (Å²) in [7, 11) is 0. The normalized spacial score (nSPS) is 14.5. The molecule has 1 heterocycles. The van der Waals surface area contributed by atoms with Crippen LogP contribution < -0.4 is 21.3 Å². The van der Waals surface area contributed by atoms with Gasteiger partial charge in [-0.25, -0.2) is 0 Å². The SMILES string of the molecule is CC(C)(C)CC(C)(C)c1ccc(Nc2ccc(C(C)(C)CC(C)(C)C)cc2)cc1.CC(C)(c1ccccc1)c1ccc(Nc2ccc(C(C)(C)c3ccccc3)cc2)cc1.CC(C)Nc1ccc(Cc2ccccc2)cc1.CC1C(C)(C)Nc2ccccc2C1(C)C. The molecule has 1 aliphatic rings. The van der Waals surface area contributed by atoms with Crippen LogP contribution in [0.2, 0.25) is 0 Å². The standard InChI is InChI=1S/C30H31N.C28H43N.C16H19N.C14H21N/c1-29(2,23-11-7-5-8-12-23)25-15-19-27(20-16-25)31-28-21-17-26(18-22-28)30(3,4)24-13-9-6-10-14-24;1-25(2,3)19-27(7,8)21-11-15-23(16-12-21)29-24-17-13-22(14-18-24)28(9,10)20-26(4,5)6;1-13(2)17-16-10-8-15(9-11-16)12-14-6-4-3-5-7-14;1-10-13(2,3)11-8-6-7-9-12(11)15-14(10,4)5/h5-22,31H,1-4H3;11-18,29H,19-20H2,1-10H3;3-11,13,17H,12H2,1-2H3;6-10,15H,1-5H3. The molecule has 0 saturated carbocycles. The van der Waals surface area contributed by atoms with Crippen LogP contribution in [0.25, 0.3) is 0 Å². The summed E-state index contributed by atoms with van der Waals surface area (Å²) in [6.45, 7) is 48.3. The van der Waals surface area contributed by atoms with E-state index in [0.717, 1.165) is 29.2 Å². The van der Waals surface area contributed by atoms with Crippen LogP contribution in [0.1, 0.15) is 208 Å². The molecular weight excluding hydrogens is 1110 g/mol. The maximum atomic E-state index is 3.64. The zero-order chi connectivity index (χ0) is 67.3. The fourth-order valence-corrected chi connectivity index (χ4v) is 13.8. The Morgan fingerprint density at radius 2 is 0.663 bits per heavy atom. The van der Waals surface area contributed by atoms with Crippen molar-refractivity contribution in [2.75, 3.05) is 21.3 Å². The molecule has 9 aromatic rings. The van der Waals surface area contributed by atoms with Gasteiger partial charge in [0, 0.05) is 56.5 Å². The molecule has 9 aromatic carbocycles. The van der Waals surface area contributed by atoms with E-state index >= 15 is 0 Å². The molecule has 0 aromatic heterocycles. The maximum Gasteiger partial charge on any atom is 0.0384 e. The lowest BCUT2D eigenvalue weighted by atomic mass is 9.63. The van der Waals surface area contributed by atoms with Gasteiger partial charge in [0.15, 0.2) is 0 Å². The smallest absolute Gasteiger partial charge is 0.0384 e. The molecule has 4 N–H and O–H groups in total. The summed E-state index contributed by atoms with van der Waals surface area (Å²) in [5.74, 6) is 0.611. The van der Waals surface area contributed by atoms with Gasteiger partial charge in [-0.2, -0.15) is 0 Å². The topological polar surface area (TPSA) is 48.1 Å². The van der Waals surface area contributed by atoms with Crippen LogP contribution in [0.3, 0.4) is 0 Å². The molecule has 0 bridgehead atoms. The van der Waals surface area contributed by atoms with E-state index in [1.54, 1.807) is 0 Å². The number of hydrogen-bond donors (Lipinski definition) is 4. The van der Waals surface area contributed by atoms with Crippen molar-refractivity contribution >= 4 is 34.1 Å². The van der Waals surface area contributed by atoms with E-state index in [0.29, 0.717) is 22.8 Å². The number of anilines is 6. The van der Waals surface area contributed by atoms with Gasteiger partial charge in [-0.3, -0.25) is 0 Å². The lowest BCUT2D eigenvalue weighted by Gasteiger charge is -2.49. The fourth-order valence-electron chi connectivity index (χ4n) is 13.8. The van der Waals surface area contributed by atoms with Gasteiger partial charge in [0.05, 0.1) is 0 Å². The molecule has 92 heavy (non-hydrogen) atoms. The van der Waals surface area contributed by atoms with Crippen molar-refractivity contribution < 1.29 is 0 Å². The highest BCUT2D eigenvalue weighted by atomic mass is 15.0. The van der Waals surface area contributed by atoms with Gasteiger partial charge < -0.3 is 21.3 Å². The Bertz CT molecular complexity index is 3490. The first-order valence-corrected chi connectivity index (χ1v) is 33.9. The van der Waals surface area contributed by atoms with E-state index in [1.807, 2.05) is 0 Å². The van der Waals surface area contributed by atoms with E-state index in [4.69, 9.17) is 0 Å². The molecule has 0 radical (unpaired) electrons. The lowest BCUT2D eigenvalue weighted by molar-refractivity contribution is 0.230. The second kappa shape index (κ2) is 29.9. The molecule has 1 unspecified atom stereocenters. The van der Waals surface area contributed by atoms with Gasteiger partial charge in [0.25, 0.3) is 0 Å². The first-order chi connectivity index (χ1) is 43.0. The third kappa shape index (κ3) is 20.1. The Kier molecular flexibility index (Phi) is 23.2. The first-order valence-electron chi connectivity index (χ1n) is 33.9. The van der Waals surface area contributed by atoms with Crippen LogP contribution in [0.15, 0.2) is 237 Å². The molecule has 1 aliphatic heterocycles. The van der Waals surface area contributed by atoms with Gasteiger partial charge in [-0.05, 0) is 197 Å². The summed E-state index contributed by atoms with van der Waals surface area (Å²) in [5, 5.41) is 14.1. The predicted molar refractivity (Wildman–Crippen MR) is 404 cm³/mol. The second-order valence-corrected chi connectivity index (χ2v) is 32.3. The summed E-state index contributed by atoms with van der Waals surface area (Å²) in [6.07, 6.45) is 3.33. The van der Waals surface area contributed by atoms with Gasteiger partial charge in [-0.1, -0.05) is 288 Å². The Morgan fingerprint density at radius 1 is 0.359 bits per heavy atom. The zero-order valence-electron chi connectivity index (χ0n) is 60.3. The molecule has 4 heteroatoms. The van der Waals surface area contributed by atoms with Crippen LogP contribution in [-0.4, -0.2) is 11.6 Å². The summed E-state index contributed by atoms with van der Waals surface area (Å²) >= 11 is 0. The Labute approximate surface area is 559 Å². The van der Waals surface area contributed by atoms with Gasteiger partial charge in [-0.15, -0.1) is 0 Å². The minimum Gasteiger partial charge on any atom is -0.383 e. The quantitative estimate of drug-likeness (QED) is 0.0779. The fraction of sp³-hybridized carbons (Fsp3) is 0.386. The van der Waals surface area contributed by atoms with Gasteiger partial charge >= 0.3 is 0 Å². The van der Waals surface area contributed by atoms with Gasteiger partial charge in [0.1, 0.15) is 0 Å². The summed E-state index contributed by atoms with van der Waals surface area (Å²) in [4.78, 5) is 0. The van der Waals surface area contributed by atoms with Crippen molar-refractivity contribution in [2.24, 2.45) is 16.7 Å². The number of para-hydroxylation sites is 1. The number of rotatable bonds is 16. The molecule has 0 amide bonds. The molecule has 4 nitrogen and oxygen atoms in total. The van der Waals surface area contributed by atoms with Crippen molar-refractivity contribution in [2.45, 2.75) is 203 Å². The van der Waals surface area contributed by atoms with Crippen LogP contribution in [0, 0.1) is 16.7 Å². The molecule has 0 fully saturated rings. The van der Waals surface area contributed by atoms with Crippen LogP contribution in [-0.2, 0) is 33.5 Å². The number of nitrogens with one attached hydrogen (secondary N) is 4. The van der Waals surface area contributed by atoms with Crippen LogP contribution in [0.5, 0.6) is 0 Å². The average molecular weight is 1230 g/mol. The van der Waals surface area contributed by atoms with Crippen LogP contribution in [0.4, 0.5) is 34.1 Å². The summed E-state index contributed by atoms with van der Waals surface area (Å²) in [5.41, 5.74) is 20.6. The van der Waals surface area contributed by atoms with Crippen molar-refractivity contribution in [3.63, 3.8) is 0 Å². The molecule has 0 saturated heterocycles. The maximum absolute atomic E-state index is 3.64. The molecule has 1 atom stereocenters. The number of benzene rings is 9. The lowest BCUT2D eigenvalue weighted by Crippen LogP contribution is -2.51. The third-order valence-corrected chi connectivity index (χ3v) is 19.0.